The van der Waals surface area contributed by atoms with E-state index in [1.807, 2.05) is 37.3 Å². The van der Waals surface area contributed by atoms with Crippen LogP contribution < -0.4 is 5.32 Å². The minimum absolute atomic E-state index is 0.101. The number of nitrogens with one attached hydrogen (secondary N) is 2. The van der Waals surface area contributed by atoms with Gasteiger partial charge >= 0.3 is 0 Å². The molecule has 0 unspecified atom stereocenters. The summed E-state index contributed by atoms with van der Waals surface area (Å²) < 4.78 is 0. The van der Waals surface area contributed by atoms with Gasteiger partial charge in [-0.15, -0.1) is 0 Å². The second kappa shape index (κ2) is 5.30. The van der Waals surface area contributed by atoms with E-state index in [-0.39, 0.29) is 5.91 Å². The fourth-order valence-electron chi connectivity index (χ4n) is 1.63. The van der Waals surface area contributed by atoms with Crippen LogP contribution in [-0.4, -0.2) is 22.6 Å². The quantitative estimate of drug-likeness (QED) is 0.838. The molecule has 0 radical (unpaired) electrons. The van der Waals surface area contributed by atoms with Crippen LogP contribution in [0.5, 0.6) is 0 Å². The molecule has 0 spiro atoms. The van der Waals surface area contributed by atoms with E-state index < -0.39 is 0 Å². The summed E-state index contributed by atoms with van der Waals surface area (Å²) in [4.78, 5) is 11.7. The lowest BCUT2D eigenvalue weighted by Gasteiger charge is -2.04. The highest BCUT2D eigenvalue weighted by molar-refractivity contribution is 5.93. The number of hydrogen-bond acceptors (Lipinski definition) is 2. The molecule has 4 heteroatoms. The number of carbonyl (C=O) groups is 1. The van der Waals surface area contributed by atoms with Crippen molar-refractivity contribution >= 4 is 5.91 Å². The zero-order valence-electron chi connectivity index (χ0n) is 9.73. The van der Waals surface area contributed by atoms with E-state index in [2.05, 4.69) is 15.5 Å². The highest BCUT2D eigenvalue weighted by Gasteiger charge is 2.09. The molecule has 2 rings (SSSR count). The summed E-state index contributed by atoms with van der Waals surface area (Å²) in [5.41, 5.74) is 2.62. The van der Waals surface area contributed by atoms with Crippen molar-refractivity contribution in [1.82, 2.24) is 15.5 Å². The second-order valence-corrected chi connectivity index (χ2v) is 3.92. The average Bonchev–Trinajstić information content (AvgIpc) is 2.77. The van der Waals surface area contributed by atoms with Crippen molar-refractivity contribution in [1.29, 1.82) is 0 Å². The van der Waals surface area contributed by atoms with Crippen LogP contribution in [0, 0.1) is 6.92 Å². The molecule has 0 saturated heterocycles. The predicted molar refractivity (Wildman–Crippen MR) is 65.8 cm³/mol. The maximum absolute atomic E-state index is 11.7. The molecule has 4 nitrogen and oxygen atoms in total. The van der Waals surface area contributed by atoms with Crippen LogP contribution in [-0.2, 0) is 6.42 Å². The number of benzene rings is 1. The van der Waals surface area contributed by atoms with Gasteiger partial charge in [0.15, 0.2) is 0 Å². The van der Waals surface area contributed by atoms with E-state index in [0.717, 1.165) is 12.0 Å². The maximum atomic E-state index is 11.7. The van der Waals surface area contributed by atoms with Crippen molar-refractivity contribution in [3.63, 3.8) is 0 Å². The molecule has 17 heavy (non-hydrogen) atoms. The van der Waals surface area contributed by atoms with Crippen molar-refractivity contribution < 1.29 is 4.79 Å². The molecular weight excluding hydrogens is 214 g/mol. The SMILES string of the molecule is Cc1cn[nH]c1C(=O)NCCc1ccccc1. The standard InChI is InChI=1S/C13H15N3O/c1-10-9-15-16-12(10)13(17)14-8-7-11-5-3-2-4-6-11/h2-6,9H,7-8H2,1H3,(H,14,17)(H,15,16). The molecular formula is C13H15N3O. The third kappa shape index (κ3) is 2.93. The summed E-state index contributed by atoms with van der Waals surface area (Å²) in [6.45, 7) is 2.48. The highest BCUT2D eigenvalue weighted by Crippen LogP contribution is 2.02. The van der Waals surface area contributed by atoms with Crippen LogP contribution in [0.15, 0.2) is 36.5 Å². The Bertz CT molecular complexity index is 490. The largest absolute Gasteiger partial charge is 0.350 e. The van der Waals surface area contributed by atoms with Gasteiger partial charge in [-0.25, -0.2) is 0 Å². The number of aromatic nitrogens is 2. The second-order valence-electron chi connectivity index (χ2n) is 3.92. The third-order valence-electron chi connectivity index (χ3n) is 2.60. The van der Waals surface area contributed by atoms with Crippen LogP contribution in [0.1, 0.15) is 21.6 Å². The summed E-state index contributed by atoms with van der Waals surface area (Å²) in [5.74, 6) is -0.101. The molecule has 0 bridgehead atoms. The molecule has 0 aliphatic rings. The lowest BCUT2D eigenvalue weighted by molar-refractivity contribution is 0.0948. The summed E-state index contributed by atoms with van der Waals surface area (Å²) in [6, 6.07) is 10.1. The zero-order chi connectivity index (χ0) is 12.1. The number of amides is 1. The number of nitrogens with zero attached hydrogens (tertiary/aromatic N) is 1. The molecule has 88 valence electrons. The number of H-pyrrole nitrogens is 1. The Morgan fingerprint density at radius 3 is 2.76 bits per heavy atom. The molecule has 1 heterocycles. The molecule has 0 fully saturated rings. The van der Waals surface area contributed by atoms with E-state index >= 15 is 0 Å². The number of aryl methyl sites for hydroxylation is 1. The molecule has 0 atom stereocenters. The van der Waals surface area contributed by atoms with Crippen molar-refractivity contribution in [2.24, 2.45) is 0 Å². The fraction of sp³-hybridized carbons (Fsp3) is 0.231. The lowest BCUT2D eigenvalue weighted by Crippen LogP contribution is -2.26. The first kappa shape index (κ1) is 11.4. The van der Waals surface area contributed by atoms with Crippen molar-refractivity contribution in [3.8, 4) is 0 Å². The Hall–Kier alpha value is -2.10. The zero-order valence-corrected chi connectivity index (χ0v) is 9.73. The van der Waals surface area contributed by atoms with Crippen LogP contribution in [0.2, 0.25) is 0 Å². The van der Waals surface area contributed by atoms with Gasteiger partial charge in [-0.05, 0) is 24.5 Å². The molecule has 0 saturated carbocycles. The van der Waals surface area contributed by atoms with Crippen LogP contribution in [0.4, 0.5) is 0 Å². The normalized spacial score (nSPS) is 10.2. The number of hydrogen-bond donors (Lipinski definition) is 2. The van der Waals surface area contributed by atoms with Gasteiger partial charge in [0.25, 0.3) is 5.91 Å². The smallest absolute Gasteiger partial charge is 0.269 e. The first-order valence-electron chi connectivity index (χ1n) is 5.59. The highest BCUT2D eigenvalue weighted by atomic mass is 16.1. The van der Waals surface area contributed by atoms with Gasteiger partial charge in [0.05, 0.1) is 6.20 Å². The molecule has 1 aromatic heterocycles. The molecule has 2 N–H and O–H groups in total. The minimum atomic E-state index is -0.101. The molecule has 1 aromatic carbocycles. The van der Waals surface area contributed by atoms with Gasteiger partial charge < -0.3 is 5.32 Å². The lowest BCUT2D eigenvalue weighted by atomic mass is 10.1. The van der Waals surface area contributed by atoms with Crippen LogP contribution >= 0.6 is 0 Å². The Kier molecular flexibility index (Phi) is 3.55. The van der Waals surface area contributed by atoms with Crippen molar-refractivity contribution in [3.05, 3.63) is 53.3 Å². The third-order valence-corrected chi connectivity index (χ3v) is 2.60. The first-order chi connectivity index (χ1) is 8.27. The Morgan fingerprint density at radius 2 is 2.12 bits per heavy atom. The Labute approximate surface area is 100 Å². The van der Waals surface area contributed by atoms with Gasteiger partial charge in [0.1, 0.15) is 5.69 Å². The molecule has 0 aliphatic heterocycles. The van der Waals surface area contributed by atoms with Gasteiger partial charge in [-0.2, -0.15) is 5.10 Å². The number of aromatic amines is 1. The average molecular weight is 229 g/mol. The van der Waals surface area contributed by atoms with Crippen LogP contribution in [0.25, 0.3) is 0 Å². The number of carbonyl (C=O) groups excluding carboxylic acids is 1. The number of rotatable bonds is 4. The first-order valence-corrected chi connectivity index (χ1v) is 5.59. The van der Waals surface area contributed by atoms with E-state index in [1.54, 1.807) is 6.20 Å². The van der Waals surface area contributed by atoms with Crippen molar-refractivity contribution in [2.75, 3.05) is 6.54 Å². The summed E-state index contributed by atoms with van der Waals surface area (Å²) in [5, 5.41) is 9.38. The Morgan fingerprint density at radius 1 is 1.35 bits per heavy atom. The van der Waals surface area contributed by atoms with E-state index in [4.69, 9.17) is 0 Å². The summed E-state index contributed by atoms with van der Waals surface area (Å²) >= 11 is 0. The molecule has 2 aromatic rings. The van der Waals surface area contributed by atoms with Gasteiger partial charge in [-0.1, -0.05) is 30.3 Å². The van der Waals surface area contributed by atoms with Gasteiger partial charge in [0.2, 0.25) is 0 Å². The monoisotopic (exact) mass is 229 g/mol. The summed E-state index contributed by atoms with van der Waals surface area (Å²) in [7, 11) is 0. The van der Waals surface area contributed by atoms with Gasteiger partial charge in [0, 0.05) is 6.54 Å². The summed E-state index contributed by atoms with van der Waals surface area (Å²) in [6.07, 6.45) is 2.48. The van der Waals surface area contributed by atoms with E-state index in [9.17, 15) is 4.79 Å². The predicted octanol–water partition coefficient (Wildman–Crippen LogP) is 1.69. The molecule has 1 amide bonds. The van der Waals surface area contributed by atoms with E-state index in [0.29, 0.717) is 12.2 Å². The van der Waals surface area contributed by atoms with Crippen LogP contribution in [0.3, 0.4) is 0 Å². The van der Waals surface area contributed by atoms with Gasteiger partial charge in [-0.3, -0.25) is 9.89 Å². The molecule has 0 aliphatic carbocycles. The maximum Gasteiger partial charge on any atom is 0.269 e. The van der Waals surface area contributed by atoms with E-state index in [1.165, 1.54) is 5.56 Å². The van der Waals surface area contributed by atoms with Crippen molar-refractivity contribution in [2.45, 2.75) is 13.3 Å². The topological polar surface area (TPSA) is 57.8 Å². The minimum Gasteiger partial charge on any atom is -0.350 e. The fourth-order valence-corrected chi connectivity index (χ4v) is 1.63. The Balaban J connectivity index is 1.84.